The molecule has 6 heteroatoms. The van der Waals surface area contributed by atoms with Crippen molar-refractivity contribution in [2.75, 3.05) is 6.61 Å². The molecule has 0 spiro atoms. The molecule has 2 aromatic rings. The number of carboxylic acids is 1. The molecule has 116 valence electrons. The van der Waals surface area contributed by atoms with Crippen LogP contribution < -0.4 is 15.2 Å². The van der Waals surface area contributed by atoms with Gasteiger partial charge in [-0.15, -0.1) is 0 Å². The van der Waals surface area contributed by atoms with Crippen molar-refractivity contribution in [2.45, 2.75) is 19.1 Å². The molecule has 0 aliphatic rings. The number of aliphatic carboxylic acids is 1. The average Bonchev–Trinajstić information content (AvgIpc) is 2.49. The summed E-state index contributed by atoms with van der Waals surface area (Å²) in [7, 11) is 0. The lowest BCUT2D eigenvalue weighted by atomic mass is 10.1. The summed E-state index contributed by atoms with van der Waals surface area (Å²) < 4.78 is 5.43. The molecule has 0 aliphatic heterocycles. The van der Waals surface area contributed by atoms with E-state index < -0.39 is 24.0 Å². The van der Waals surface area contributed by atoms with Gasteiger partial charge >= 0.3 is 0 Å². The molecule has 2 aromatic carbocycles. The normalized spacial score (nSPS) is 13.4. The number of hydrogen-bond donors (Lipinski definition) is 2. The Morgan fingerprint density at radius 2 is 1.91 bits per heavy atom. The van der Waals surface area contributed by atoms with Crippen LogP contribution in [0, 0.1) is 0 Å². The maximum absolute atomic E-state index is 11.7. The number of rotatable bonds is 6. The van der Waals surface area contributed by atoms with Gasteiger partial charge in [0.1, 0.15) is 5.75 Å². The van der Waals surface area contributed by atoms with E-state index in [1.807, 2.05) is 30.3 Å². The summed E-state index contributed by atoms with van der Waals surface area (Å²) in [6, 6.07) is 11.5. The second-order valence-corrected chi connectivity index (χ2v) is 4.87. The highest BCUT2D eigenvalue weighted by molar-refractivity contribution is 5.89. The van der Waals surface area contributed by atoms with Gasteiger partial charge in [0.05, 0.1) is 18.1 Å². The number of fused-ring (bicyclic) bond motifs is 1. The topological polar surface area (TPSA) is 98.7 Å². The zero-order valence-electron chi connectivity index (χ0n) is 12.0. The number of aliphatic hydroxyl groups is 1. The van der Waals surface area contributed by atoms with Crippen LogP contribution in [0.3, 0.4) is 0 Å². The van der Waals surface area contributed by atoms with Gasteiger partial charge in [-0.2, -0.15) is 0 Å². The van der Waals surface area contributed by atoms with Crippen LogP contribution in [-0.2, 0) is 9.59 Å². The fourth-order valence-electron chi connectivity index (χ4n) is 2.06. The number of amides is 1. The van der Waals surface area contributed by atoms with Crippen LogP contribution in [0.15, 0.2) is 42.5 Å². The number of ether oxygens (including phenoxy) is 1. The molecule has 0 aromatic heterocycles. The van der Waals surface area contributed by atoms with E-state index in [4.69, 9.17) is 4.74 Å². The van der Waals surface area contributed by atoms with Crippen LogP contribution in [0.1, 0.15) is 6.92 Å². The van der Waals surface area contributed by atoms with Crippen molar-refractivity contribution >= 4 is 22.6 Å². The van der Waals surface area contributed by atoms with Crippen LogP contribution in [0.4, 0.5) is 0 Å². The maximum atomic E-state index is 11.7. The van der Waals surface area contributed by atoms with E-state index in [9.17, 15) is 19.8 Å². The van der Waals surface area contributed by atoms with Crippen molar-refractivity contribution in [2.24, 2.45) is 0 Å². The van der Waals surface area contributed by atoms with Crippen molar-refractivity contribution in [3.05, 3.63) is 42.5 Å². The minimum atomic E-state index is -1.55. The summed E-state index contributed by atoms with van der Waals surface area (Å²) in [5, 5.41) is 24.1. The monoisotopic (exact) mass is 302 g/mol. The molecule has 1 amide bonds. The van der Waals surface area contributed by atoms with E-state index in [1.54, 1.807) is 12.1 Å². The molecule has 0 radical (unpaired) electrons. The van der Waals surface area contributed by atoms with Gasteiger partial charge in [-0.1, -0.05) is 36.4 Å². The van der Waals surface area contributed by atoms with Crippen LogP contribution in [0.5, 0.6) is 5.75 Å². The summed E-state index contributed by atoms with van der Waals surface area (Å²) in [5.41, 5.74) is 0. The molecule has 6 nitrogen and oxygen atoms in total. The molecule has 0 saturated carbocycles. The van der Waals surface area contributed by atoms with Crippen LogP contribution in [0.2, 0.25) is 0 Å². The lowest BCUT2D eigenvalue weighted by molar-refractivity contribution is -0.310. The Bertz CT molecular complexity index is 678. The molecule has 2 atom stereocenters. The average molecular weight is 302 g/mol. The molecule has 0 heterocycles. The van der Waals surface area contributed by atoms with Gasteiger partial charge in [0, 0.05) is 5.39 Å². The van der Waals surface area contributed by atoms with Crippen molar-refractivity contribution < 1.29 is 24.5 Å². The van der Waals surface area contributed by atoms with Crippen LogP contribution in [0.25, 0.3) is 10.8 Å². The standard InChI is InChI=1S/C16H17NO5/c1-10(18)15(16(20)21)17-14(19)9-22-13-8-4-6-11-5-2-3-7-12(11)13/h2-8,10,15,18H,9H2,1H3,(H,17,19)(H,20,21)/p-1/t10-,15+/m0/s1. The van der Waals surface area contributed by atoms with Gasteiger partial charge in [-0.05, 0) is 18.4 Å². The van der Waals surface area contributed by atoms with Crippen molar-refractivity contribution in [3.63, 3.8) is 0 Å². The molecular formula is C16H16NO5-. The third kappa shape index (κ3) is 3.73. The van der Waals surface area contributed by atoms with Gasteiger partial charge in [-0.25, -0.2) is 0 Å². The Labute approximate surface area is 127 Å². The number of carbonyl (C=O) groups is 2. The Balaban J connectivity index is 2.03. The van der Waals surface area contributed by atoms with Crippen molar-refractivity contribution in [1.29, 1.82) is 0 Å². The second-order valence-electron chi connectivity index (χ2n) is 4.87. The fraction of sp³-hybridized carbons (Fsp3) is 0.250. The van der Waals surface area contributed by atoms with E-state index in [0.717, 1.165) is 10.8 Å². The number of carbonyl (C=O) groups excluding carboxylic acids is 2. The minimum Gasteiger partial charge on any atom is -0.548 e. The Hall–Kier alpha value is -2.60. The molecule has 0 aliphatic carbocycles. The summed E-state index contributed by atoms with van der Waals surface area (Å²) in [4.78, 5) is 22.5. The smallest absolute Gasteiger partial charge is 0.258 e. The van der Waals surface area contributed by atoms with E-state index in [1.165, 1.54) is 6.92 Å². The van der Waals surface area contributed by atoms with Crippen LogP contribution >= 0.6 is 0 Å². The maximum Gasteiger partial charge on any atom is 0.258 e. The predicted molar refractivity (Wildman–Crippen MR) is 78.1 cm³/mol. The molecule has 0 bridgehead atoms. The second kappa shape index (κ2) is 6.91. The summed E-state index contributed by atoms with van der Waals surface area (Å²) in [6.45, 7) is 0.900. The van der Waals surface area contributed by atoms with Gasteiger partial charge in [0.25, 0.3) is 5.91 Å². The highest BCUT2D eigenvalue weighted by Gasteiger charge is 2.19. The zero-order valence-corrected chi connectivity index (χ0v) is 12.0. The third-order valence-corrected chi connectivity index (χ3v) is 3.16. The number of carboxylic acid groups (broad SMARTS) is 1. The van der Waals surface area contributed by atoms with E-state index in [2.05, 4.69) is 5.32 Å². The summed E-state index contributed by atoms with van der Waals surface area (Å²) >= 11 is 0. The lowest BCUT2D eigenvalue weighted by Crippen LogP contribution is -2.54. The highest BCUT2D eigenvalue weighted by atomic mass is 16.5. The first-order valence-corrected chi connectivity index (χ1v) is 6.78. The van der Waals surface area contributed by atoms with E-state index >= 15 is 0 Å². The Kier molecular flexibility index (Phi) is 4.95. The quantitative estimate of drug-likeness (QED) is 0.772. The molecular weight excluding hydrogens is 286 g/mol. The van der Waals surface area contributed by atoms with Gasteiger partial charge in [0.2, 0.25) is 0 Å². The van der Waals surface area contributed by atoms with Crippen LogP contribution in [-0.4, -0.2) is 35.7 Å². The van der Waals surface area contributed by atoms with Crippen molar-refractivity contribution in [1.82, 2.24) is 5.32 Å². The minimum absolute atomic E-state index is 0.357. The Morgan fingerprint density at radius 1 is 1.23 bits per heavy atom. The first-order valence-electron chi connectivity index (χ1n) is 6.78. The SMILES string of the molecule is C[C@H](O)[C@@H](NC(=O)COc1cccc2ccccc12)C(=O)[O-]. The number of aliphatic hydroxyl groups excluding tert-OH is 1. The molecule has 2 rings (SSSR count). The Morgan fingerprint density at radius 3 is 2.59 bits per heavy atom. The first-order chi connectivity index (χ1) is 10.5. The highest BCUT2D eigenvalue weighted by Crippen LogP contribution is 2.24. The van der Waals surface area contributed by atoms with Crippen molar-refractivity contribution in [3.8, 4) is 5.75 Å². The third-order valence-electron chi connectivity index (χ3n) is 3.16. The number of hydrogen-bond acceptors (Lipinski definition) is 5. The molecule has 2 N–H and O–H groups in total. The van der Waals surface area contributed by atoms with E-state index in [-0.39, 0.29) is 6.61 Å². The molecule has 0 fully saturated rings. The molecule has 0 saturated heterocycles. The lowest BCUT2D eigenvalue weighted by Gasteiger charge is -2.22. The first kappa shape index (κ1) is 15.8. The van der Waals surface area contributed by atoms with Gasteiger partial charge in [0.15, 0.2) is 6.61 Å². The zero-order chi connectivity index (χ0) is 16.1. The predicted octanol–water partition coefficient (Wildman–Crippen LogP) is -0.166. The summed E-state index contributed by atoms with van der Waals surface area (Å²) in [6.07, 6.45) is -1.26. The largest absolute Gasteiger partial charge is 0.548 e. The van der Waals surface area contributed by atoms with E-state index in [0.29, 0.717) is 5.75 Å². The number of benzene rings is 2. The molecule has 0 unspecified atom stereocenters. The van der Waals surface area contributed by atoms with Gasteiger partial charge in [-0.3, -0.25) is 4.79 Å². The fourth-order valence-corrected chi connectivity index (χ4v) is 2.06. The summed E-state index contributed by atoms with van der Waals surface area (Å²) in [5.74, 6) is -1.67. The molecule has 22 heavy (non-hydrogen) atoms. The van der Waals surface area contributed by atoms with Gasteiger partial charge < -0.3 is 25.1 Å². The number of nitrogens with one attached hydrogen (secondary N) is 1.